The van der Waals surface area contributed by atoms with Gasteiger partial charge in [-0.3, -0.25) is 9.59 Å². The first-order valence-electron chi connectivity index (χ1n) is 9.65. The zero-order chi connectivity index (χ0) is 19.1. The average Bonchev–Trinajstić information content (AvgIpc) is 3.46. The van der Waals surface area contributed by atoms with E-state index in [9.17, 15) is 9.59 Å². The van der Waals surface area contributed by atoms with Crippen LogP contribution in [0.3, 0.4) is 0 Å². The van der Waals surface area contributed by atoms with Crippen molar-refractivity contribution < 1.29 is 9.59 Å². The van der Waals surface area contributed by atoms with Crippen molar-refractivity contribution in [3.63, 3.8) is 0 Å². The molecule has 5 rings (SSSR count). The first-order chi connectivity index (χ1) is 13.6. The summed E-state index contributed by atoms with van der Waals surface area (Å²) in [7, 11) is 0. The maximum absolute atomic E-state index is 13.1. The molecule has 0 radical (unpaired) electrons. The summed E-state index contributed by atoms with van der Waals surface area (Å²) in [4.78, 5) is 29.5. The Labute approximate surface area is 162 Å². The summed E-state index contributed by atoms with van der Waals surface area (Å²) < 4.78 is 1.97. The maximum Gasteiger partial charge on any atom is 0.276 e. The summed E-state index contributed by atoms with van der Waals surface area (Å²) in [6.45, 7) is 2.83. The van der Waals surface area contributed by atoms with Crippen molar-refractivity contribution in [2.24, 2.45) is 5.41 Å². The molecule has 8 heteroatoms. The highest BCUT2D eigenvalue weighted by Gasteiger charge is 2.44. The number of rotatable bonds is 2. The van der Waals surface area contributed by atoms with Crippen LogP contribution in [0.25, 0.3) is 5.52 Å². The maximum atomic E-state index is 13.1. The third-order valence-electron chi connectivity index (χ3n) is 6.06. The van der Waals surface area contributed by atoms with Crippen LogP contribution in [0.5, 0.6) is 0 Å². The molecule has 3 aromatic heterocycles. The van der Waals surface area contributed by atoms with E-state index < -0.39 is 0 Å². The van der Waals surface area contributed by atoms with Crippen molar-refractivity contribution in [2.75, 3.05) is 26.2 Å². The Morgan fingerprint density at radius 3 is 2.71 bits per heavy atom. The molecule has 0 saturated carbocycles. The molecule has 144 valence electrons. The van der Waals surface area contributed by atoms with E-state index in [-0.39, 0.29) is 17.2 Å². The zero-order valence-corrected chi connectivity index (χ0v) is 15.5. The third-order valence-corrected chi connectivity index (χ3v) is 6.06. The SMILES string of the molecule is O=C(c1cc2ccccn2c1)N1CCCC2(CCN(C(=O)c3cn[nH]n3)C2)C1. The number of nitrogens with one attached hydrogen (secondary N) is 1. The highest BCUT2D eigenvalue weighted by molar-refractivity contribution is 5.96. The first-order valence-corrected chi connectivity index (χ1v) is 9.65. The number of amides is 2. The van der Waals surface area contributed by atoms with Crippen molar-refractivity contribution >= 4 is 17.3 Å². The first kappa shape index (κ1) is 17.0. The normalized spacial score (nSPS) is 22.3. The van der Waals surface area contributed by atoms with Gasteiger partial charge in [-0.25, -0.2) is 0 Å². The summed E-state index contributed by atoms with van der Waals surface area (Å²) in [6, 6.07) is 7.87. The summed E-state index contributed by atoms with van der Waals surface area (Å²) >= 11 is 0. The van der Waals surface area contributed by atoms with Crippen LogP contribution in [-0.2, 0) is 0 Å². The second kappa shape index (κ2) is 6.47. The van der Waals surface area contributed by atoms with Crippen LogP contribution >= 0.6 is 0 Å². The molecule has 2 amide bonds. The molecule has 8 nitrogen and oxygen atoms in total. The highest BCUT2D eigenvalue weighted by Crippen LogP contribution is 2.39. The Balaban J connectivity index is 1.32. The predicted octanol–water partition coefficient (Wildman–Crippen LogP) is 1.83. The molecule has 1 unspecified atom stereocenters. The van der Waals surface area contributed by atoms with Gasteiger partial charge in [-0.2, -0.15) is 15.4 Å². The highest BCUT2D eigenvalue weighted by atomic mass is 16.2. The van der Waals surface area contributed by atoms with Crippen molar-refractivity contribution in [2.45, 2.75) is 19.3 Å². The lowest BCUT2D eigenvalue weighted by molar-refractivity contribution is 0.0515. The van der Waals surface area contributed by atoms with Gasteiger partial charge >= 0.3 is 0 Å². The quantitative estimate of drug-likeness (QED) is 0.737. The summed E-state index contributed by atoms with van der Waals surface area (Å²) in [5.74, 6) is -0.0168. The van der Waals surface area contributed by atoms with E-state index in [4.69, 9.17) is 0 Å². The Morgan fingerprint density at radius 1 is 1.07 bits per heavy atom. The van der Waals surface area contributed by atoms with E-state index in [2.05, 4.69) is 15.4 Å². The molecule has 1 N–H and O–H groups in total. The van der Waals surface area contributed by atoms with E-state index in [0.29, 0.717) is 25.3 Å². The van der Waals surface area contributed by atoms with Gasteiger partial charge in [0, 0.05) is 49.5 Å². The summed E-state index contributed by atoms with van der Waals surface area (Å²) in [5, 5.41) is 10.1. The fourth-order valence-electron chi connectivity index (χ4n) is 4.64. The number of fused-ring (bicyclic) bond motifs is 1. The lowest BCUT2D eigenvalue weighted by Gasteiger charge is -2.40. The summed E-state index contributed by atoms with van der Waals surface area (Å²) in [5.41, 5.74) is 2.06. The number of aromatic amines is 1. The molecule has 1 atom stereocenters. The van der Waals surface area contributed by atoms with Gasteiger partial charge in [0.1, 0.15) is 0 Å². The Morgan fingerprint density at radius 2 is 1.93 bits per heavy atom. The van der Waals surface area contributed by atoms with E-state index in [1.165, 1.54) is 6.20 Å². The molecule has 0 aromatic carbocycles. The number of likely N-dealkylation sites (tertiary alicyclic amines) is 2. The third kappa shape index (κ3) is 2.85. The number of pyridine rings is 1. The van der Waals surface area contributed by atoms with Crippen LogP contribution in [0.15, 0.2) is 42.9 Å². The molecule has 2 aliphatic rings. The molecule has 28 heavy (non-hydrogen) atoms. The van der Waals surface area contributed by atoms with Crippen LogP contribution < -0.4 is 0 Å². The van der Waals surface area contributed by atoms with Gasteiger partial charge < -0.3 is 14.2 Å². The van der Waals surface area contributed by atoms with Crippen LogP contribution in [0.1, 0.15) is 40.1 Å². The molecule has 0 aliphatic carbocycles. The zero-order valence-electron chi connectivity index (χ0n) is 15.5. The van der Waals surface area contributed by atoms with Crippen molar-refractivity contribution in [3.05, 3.63) is 54.1 Å². The fourth-order valence-corrected chi connectivity index (χ4v) is 4.64. The second-order valence-electron chi connectivity index (χ2n) is 7.92. The monoisotopic (exact) mass is 378 g/mol. The number of carbonyl (C=O) groups excluding carboxylic acids is 2. The molecule has 0 bridgehead atoms. The smallest absolute Gasteiger partial charge is 0.276 e. The largest absolute Gasteiger partial charge is 0.338 e. The van der Waals surface area contributed by atoms with E-state index >= 15 is 0 Å². The molecular formula is C20H22N6O2. The van der Waals surface area contributed by atoms with E-state index in [1.807, 2.05) is 50.9 Å². The standard InChI is InChI=1S/C20H22N6O2/c27-18(15-10-16-4-1-2-7-24(16)12-15)25-8-3-5-20(13-25)6-9-26(14-20)19(28)17-11-21-23-22-17/h1-2,4,7,10-12H,3,5-6,8-9,13-14H2,(H,21,22,23). The minimum atomic E-state index is -0.0900. The van der Waals surface area contributed by atoms with Gasteiger partial charge in [0.2, 0.25) is 0 Å². The number of aromatic nitrogens is 4. The van der Waals surface area contributed by atoms with Crippen LogP contribution in [0.2, 0.25) is 0 Å². The lowest BCUT2D eigenvalue weighted by atomic mass is 9.79. The number of piperidine rings is 1. The van der Waals surface area contributed by atoms with Gasteiger partial charge in [-0.05, 0) is 37.5 Å². The number of carbonyl (C=O) groups is 2. The van der Waals surface area contributed by atoms with Gasteiger partial charge in [0.15, 0.2) is 5.69 Å². The molecule has 5 heterocycles. The molecule has 3 aromatic rings. The topological polar surface area (TPSA) is 86.6 Å². The molecule has 2 saturated heterocycles. The molecule has 1 spiro atoms. The number of H-pyrrole nitrogens is 1. The minimum absolute atomic E-state index is 0.0214. The minimum Gasteiger partial charge on any atom is -0.338 e. The Hall–Kier alpha value is -3.16. The number of nitrogens with zero attached hydrogens (tertiary/aromatic N) is 5. The lowest BCUT2D eigenvalue weighted by Crippen LogP contribution is -2.47. The van der Waals surface area contributed by atoms with E-state index in [0.717, 1.165) is 36.9 Å². The fraction of sp³-hybridized carbons (Fsp3) is 0.400. The predicted molar refractivity (Wildman–Crippen MR) is 102 cm³/mol. The van der Waals surface area contributed by atoms with Crippen molar-refractivity contribution in [1.29, 1.82) is 0 Å². The van der Waals surface area contributed by atoms with Gasteiger partial charge in [0.25, 0.3) is 11.8 Å². The molecule has 2 fully saturated rings. The molecule has 2 aliphatic heterocycles. The number of hydrogen-bond donors (Lipinski definition) is 1. The van der Waals surface area contributed by atoms with E-state index in [1.54, 1.807) is 0 Å². The Kier molecular flexibility index (Phi) is 3.92. The van der Waals surface area contributed by atoms with Gasteiger partial charge in [-0.1, -0.05) is 6.07 Å². The second-order valence-corrected chi connectivity index (χ2v) is 7.92. The van der Waals surface area contributed by atoms with Gasteiger partial charge in [-0.15, -0.1) is 0 Å². The molecular weight excluding hydrogens is 356 g/mol. The van der Waals surface area contributed by atoms with Crippen molar-refractivity contribution in [1.82, 2.24) is 29.6 Å². The van der Waals surface area contributed by atoms with Crippen LogP contribution in [0, 0.1) is 5.41 Å². The van der Waals surface area contributed by atoms with Crippen LogP contribution in [-0.4, -0.2) is 67.6 Å². The van der Waals surface area contributed by atoms with Crippen LogP contribution in [0.4, 0.5) is 0 Å². The number of hydrogen-bond acceptors (Lipinski definition) is 4. The average molecular weight is 378 g/mol. The summed E-state index contributed by atoms with van der Waals surface area (Å²) in [6.07, 6.45) is 8.23. The Bertz CT molecular complexity index is 993. The van der Waals surface area contributed by atoms with Crippen molar-refractivity contribution in [3.8, 4) is 0 Å². The van der Waals surface area contributed by atoms with Gasteiger partial charge in [0.05, 0.1) is 11.8 Å².